The van der Waals surface area contributed by atoms with Crippen LogP contribution in [0.3, 0.4) is 0 Å². The van der Waals surface area contributed by atoms with E-state index in [9.17, 15) is 83.4 Å². The number of ether oxygens (including phenoxy) is 2. The molecule has 3 nitrogen and oxygen atoms in total. The molecule has 0 amide bonds. The molecule has 32 heavy (non-hydrogen) atoms. The zero-order chi connectivity index (χ0) is 26.6. The summed E-state index contributed by atoms with van der Waals surface area (Å²) in [5.41, 5.74) is 0. The van der Waals surface area contributed by atoms with E-state index < -0.39 is 60.9 Å². The van der Waals surface area contributed by atoms with E-state index in [0.717, 1.165) is 4.74 Å². The number of hydrogen-bond acceptors (Lipinski definition) is 3. The molecule has 0 fully saturated rings. The van der Waals surface area contributed by atoms with Crippen molar-refractivity contribution in [2.45, 2.75) is 54.3 Å². The quantitative estimate of drug-likeness (QED) is 0.379. The molecule has 0 radical (unpaired) electrons. The minimum atomic E-state index is -8.17. The van der Waals surface area contributed by atoms with Gasteiger partial charge in [0.1, 0.15) is 6.61 Å². The van der Waals surface area contributed by atoms with Crippen LogP contribution in [0.1, 0.15) is 0 Å². The average molecular weight is 532 g/mol. The number of hydrogen-bond donors (Lipinski definition) is 1. The summed E-state index contributed by atoms with van der Waals surface area (Å²) in [6.45, 7) is -3.30. The first-order valence-electron chi connectivity index (χ1n) is 6.58. The highest BCUT2D eigenvalue weighted by atomic mass is 19.4. The molecule has 0 atom stereocenters. The highest BCUT2D eigenvalue weighted by Gasteiger charge is 2.86. The summed E-state index contributed by atoms with van der Waals surface area (Å²) < 4.78 is 242. The highest BCUT2D eigenvalue weighted by molar-refractivity contribution is 4.98. The summed E-state index contributed by atoms with van der Waals surface area (Å²) in [5.74, 6) is -30.0. The van der Waals surface area contributed by atoms with Crippen LogP contribution >= 0.6 is 0 Å². The van der Waals surface area contributed by atoms with Crippen molar-refractivity contribution in [1.29, 1.82) is 0 Å². The summed E-state index contributed by atoms with van der Waals surface area (Å²) in [7, 11) is 0. The van der Waals surface area contributed by atoms with Gasteiger partial charge in [-0.3, -0.25) is 0 Å². The van der Waals surface area contributed by atoms with Crippen molar-refractivity contribution in [2.75, 3.05) is 6.61 Å². The Morgan fingerprint density at radius 2 is 0.688 bits per heavy atom. The lowest BCUT2D eigenvalue weighted by Gasteiger charge is -2.37. The second kappa shape index (κ2) is 7.81. The summed E-state index contributed by atoms with van der Waals surface area (Å²) in [6, 6.07) is 0. The molecule has 0 aliphatic carbocycles. The molecule has 0 aliphatic heterocycles. The van der Waals surface area contributed by atoms with Crippen LogP contribution in [0.2, 0.25) is 0 Å². The van der Waals surface area contributed by atoms with Gasteiger partial charge in [0.2, 0.25) is 0 Å². The number of halogens is 19. The predicted molar refractivity (Wildman–Crippen MR) is 54.9 cm³/mol. The van der Waals surface area contributed by atoms with Crippen molar-refractivity contribution in [3.8, 4) is 0 Å². The van der Waals surface area contributed by atoms with Crippen LogP contribution in [0.25, 0.3) is 0 Å². The maximum Gasteiger partial charge on any atom is 0.460 e. The summed E-state index contributed by atoms with van der Waals surface area (Å²) >= 11 is 0. The van der Waals surface area contributed by atoms with E-state index in [4.69, 9.17) is 5.11 Å². The zero-order valence-electron chi connectivity index (χ0n) is 13.7. The Hall–Kier alpha value is -1.45. The minimum Gasteiger partial charge on any atom is -0.390 e. The molecule has 0 rings (SSSR count). The normalized spacial score (nSPS) is 16.5. The second-order valence-electron chi connectivity index (χ2n) is 5.35. The van der Waals surface area contributed by atoms with E-state index >= 15 is 0 Å². The molecular weight excluding hydrogens is 529 g/mol. The van der Waals surface area contributed by atoms with Crippen molar-refractivity contribution < 1.29 is 98.0 Å². The molecule has 0 aromatic rings. The molecule has 0 aliphatic rings. The third-order valence-electron chi connectivity index (χ3n) is 2.99. The van der Waals surface area contributed by atoms with Crippen molar-refractivity contribution in [3.05, 3.63) is 0 Å². The highest BCUT2D eigenvalue weighted by Crippen LogP contribution is 2.57. The van der Waals surface area contributed by atoms with Crippen molar-refractivity contribution >= 4 is 0 Å². The van der Waals surface area contributed by atoms with Gasteiger partial charge in [0, 0.05) is 0 Å². The molecular formula is C10H3F19O3. The number of aliphatic hydroxyl groups is 1. The third kappa shape index (κ3) is 4.75. The topological polar surface area (TPSA) is 38.7 Å². The molecule has 0 spiro atoms. The minimum absolute atomic E-state index is 1.12. The van der Waals surface area contributed by atoms with Gasteiger partial charge in [0.05, 0.1) is 0 Å². The zero-order valence-corrected chi connectivity index (χ0v) is 13.7. The lowest BCUT2D eigenvalue weighted by molar-refractivity contribution is -0.555. The molecule has 0 heterocycles. The summed E-state index contributed by atoms with van der Waals surface area (Å²) in [6.07, 6.45) is -38.9. The number of rotatable bonds is 10. The van der Waals surface area contributed by atoms with Crippen molar-refractivity contribution in [3.63, 3.8) is 0 Å². The van der Waals surface area contributed by atoms with Crippen molar-refractivity contribution in [2.24, 2.45) is 0 Å². The Bertz CT molecular complexity index is 665. The van der Waals surface area contributed by atoms with Crippen LogP contribution in [0.5, 0.6) is 0 Å². The molecule has 0 unspecified atom stereocenters. The maximum atomic E-state index is 13.0. The van der Waals surface area contributed by atoms with Crippen LogP contribution in [0, 0.1) is 0 Å². The smallest absolute Gasteiger partial charge is 0.390 e. The fraction of sp³-hybridized carbons (Fsp3) is 1.00. The molecule has 22 heteroatoms. The molecule has 0 saturated heterocycles. The van der Waals surface area contributed by atoms with Gasteiger partial charge >= 0.3 is 54.3 Å². The lowest BCUT2D eigenvalue weighted by Crippen LogP contribution is -2.65. The van der Waals surface area contributed by atoms with E-state index in [1.807, 2.05) is 0 Å². The first-order valence-corrected chi connectivity index (χ1v) is 6.58. The summed E-state index contributed by atoms with van der Waals surface area (Å²) in [4.78, 5) is 0. The van der Waals surface area contributed by atoms with E-state index in [1.165, 1.54) is 4.74 Å². The van der Waals surface area contributed by atoms with Crippen LogP contribution < -0.4 is 0 Å². The maximum absolute atomic E-state index is 13.0. The fourth-order valence-corrected chi connectivity index (χ4v) is 1.24. The molecule has 0 saturated carbocycles. The predicted octanol–water partition coefficient (Wildman–Crippen LogP) is 5.49. The Labute approximate surface area is 160 Å². The number of aliphatic hydroxyl groups excluding tert-OH is 1. The van der Waals surface area contributed by atoms with E-state index in [0.29, 0.717) is 0 Å². The monoisotopic (exact) mass is 532 g/mol. The number of alkyl halides is 19. The molecule has 194 valence electrons. The van der Waals surface area contributed by atoms with Gasteiger partial charge in [-0.15, -0.1) is 0 Å². The van der Waals surface area contributed by atoms with Gasteiger partial charge in [0.15, 0.2) is 0 Å². The van der Waals surface area contributed by atoms with E-state index in [-0.39, 0.29) is 0 Å². The van der Waals surface area contributed by atoms with Crippen LogP contribution in [-0.2, 0) is 9.47 Å². The van der Waals surface area contributed by atoms with Crippen LogP contribution in [0.4, 0.5) is 83.4 Å². The van der Waals surface area contributed by atoms with Crippen LogP contribution in [-0.4, -0.2) is 66.0 Å². The van der Waals surface area contributed by atoms with Gasteiger partial charge < -0.3 is 5.11 Å². The Morgan fingerprint density at radius 3 is 0.938 bits per heavy atom. The van der Waals surface area contributed by atoms with Gasteiger partial charge in [-0.2, -0.15) is 83.4 Å². The standard InChI is InChI=1S/C10H3F19O3/c11-2(12,1-30)3(13,14)7(22,23)31-9(26,27)10(28,29)32-8(24,25)5(17,18)4(15,16)6(19,20)21/h30H,1H2. The largest absolute Gasteiger partial charge is 0.460 e. The first kappa shape index (κ1) is 30.6. The lowest BCUT2D eigenvalue weighted by atomic mass is 10.1. The second-order valence-corrected chi connectivity index (χ2v) is 5.35. The Kier molecular flexibility index (Phi) is 7.45. The van der Waals surface area contributed by atoms with Gasteiger partial charge in [-0.25, -0.2) is 9.47 Å². The Balaban J connectivity index is 6.16. The van der Waals surface area contributed by atoms with E-state index in [2.05, 4.69) is 0 Å². The third-order valence-corrected chi connectivity index (χ3v) is 2.99. The van der Waals surface area contributed by atoms with Crippen LogP contribution in [0.15, 0.2) is 0 Å². The molecule has 1 N–H and O–H groups in total. The molecule has 0 aromatic heterocycles. The average Bonchev–Trinajstić information content (AvgIpc) is 2.50. The van der Waals surface area contributed by atoms with Crippen molar-refractivity contribution in [1.82, 2.24) is 0 Å². The molecule has 0 bridgehead atoms. The van der Waals surface area contributed by atoms with Gasteiger partial charge in [-0.1, -0.05) is 0 Å². The summed E-state index contributed by atoms with van der Waals surface area (Å²) in [5, 5.41) is 7.81. The Morgan fingerprint density at radius 1 is 0.406 bits per heavy atom. The molecule has 0 aromatic carbocycles. The SMILES string of the molecule is OCC(F)(F)C(F)(F)C(F)(F)OC(F)(F)C(F)(F)OC(F)(F)C(F)(F)C(F)(F)C(F)(F)F. The van der Waals surface area contributed by atoms with Gasteiger partial charge in [-0.05, 0) is 0 Å². The van der Waals surface area contributed by atoms with E-state index in [1.54, 1.807) is 0 Å². The van der Waals surface area contributed by atoms with Gasteiger partial charge in [0.25, 0.3) is 0 Å². The first-order chi connectivity index (χ1) is 13.5. The fourth-order valence-electron chi connectivity index (χ4n) is 1.24.